The molecular formula is C13H18N2. The van der Waals surface area contributed by atoms with Crippen LogP contribution in [0.1, 0.15) is 32.0 Å². The molecule has 80 valence electrons. The number of hydrogen-bond donors (Lipinski definition) is 1. The monoisotopic (exact) mass is 202 g/mol. The highest BCUT2D eigenvalue weighted by molar-refractivity contribution is 5.66. The van der Waals surface area contributed by atoms with Gasteiger partial charge in [0.25, 0.3) is 0 Å². The van der Waals surface area contributed by atoms with Gasteiger partial charge in [0, 0.05) is 16.7 Å². The molecular weight excluding hydrogens is 184 g/mol. The van der Waals surface area contributed by atoms with E-state index < -0.39 is 0 Å². The average Bonchev–Trinajstić information content (AvgIpc) is 2.17. The molecule has 0 atom stereocenters. The Kier molecular flexibility index (Phi) is 3.30. The standard InChI is InChI=1S/C13H18N2/c1-6-10-8-12(13(3,4)5)15-9-11(10)14-7-2/h6-9,14H,1-2H2,3-5H3. The smallest absolute Gasteiger partial charge is 0.0639 e. The lowest BCUT2D eigenvalue weighted by Gasteiger charge is -2.19. The molecule has 1 N–H and O–H groups in total. The zero-order valence-corrected chi connectivity index (χ0v) is 9.67. The van der Waals surface area contributed by atoms with Crippen LogP contribution in [0.3, 0.4) is 0 Å². The molecule has 0 aliphatic heterocycles. The van der Waals surface area contributed by atoms with E-state index in [2.05, 4.69) is 50.3 Å². The summed E-state index contributed by atoms with van der Waals surface area (Å²) < 4.78 is 0. The van der Waals surface area contributed by atoms with Gasteiger partial charge in [0.2, 0.25) is 0 Å². The van der Waals surface area contributed by atoms with Crippen molar-refractivity contribution in [2.24, 2.45) is 0 Å². The Bertz CT molecular complexity index is 373. The molecule has 0 aliphatic carbocycles. The first kappa shape index (κ1) is 11.5. The van der Waals surface area contributed by atoms with Crippen LogP contribution in [-0.2, 0) is 5.41 Å². The van der Waals surface area contributed by atoms with Crippen LogP contribution in [0, 0.1) is 0 Å². The Balaban J connectivity index is 3.18. The fourth-order valence-corrected chi connectivity index (χ4v) is 1.28. The van der Waals surface area contributed by atoms with Crippen LogP contribution in [0.25, 0.3) is 6.08 Å². The summed E-state index contributed by atoms with van der Waals surface area (Å²) in [6.07, 6.45) is 5.28. The second-order valence-corrected chi connectivity index (χ2v) is 4.46. The number of aromatic nitrogens is 1. The Morgan fingerprint density at radius 3 is 2.47 bits per heavy atom. The molecule has 0 saturated carbocycles. The number of pyridine rings is 1. The van der Waals surface area contributed by atoms with E-state index in [9.17, 15) is 0 Å². The lowest BCUT2D eigenvalue weighted by atomic mass is 9.90. The molecule has 0 aliphatic rings. The van der Waals surface area contributed by atoms with Gasteiger partial charge in [0.1, 0.15) is 0 Å². The van der Waals surface area contributed by atoms with Gasteiger partial charge < -0.3 is 5.32 Å². The van der Waals surface area contributed by atoms with Crippen LogP contribution in [0.5, 0.6) is 0 Å². The van der Waals surface area contributed by atoms with Crippen LogP contribution in [0.4, 0.5) is 5.69 Å². The zero-order valence-electron chi connectivity index (χ0n) is 9.67. The normalized spacial score (nSPS) is 10.9. The first-order valence-electron chi connectivity index (χ1n) is 4.99. The van der Waals surface area contributed by atoms with Gasteiger partial charge in [-0.2, -0.15) is 0 Å². The quantitative estimate of drug-likeness (QED) is 0.810. The van der Waals surface area contributed by atoms with Gasteiger partial charge in [-0.3, -0.25) is 4.98 Å². The first-order valence-corrected chi connectivity index (χ1v) is 4.99. The maximum atomic E-state index is 4.42. The van der Waals surface area contributed by atoms with Gasteiger partial charge in [-0.05, 0) is 12.3 Å². The highest BCUT2D eigenvalue weighted by atomic mass is 14.9. The molecule has 0 radical (unpaired) electrons. The summed E-state index contributed by atoms with van der Waals surface area (Å²) in [5, 5.41) is 3.04. The number of hydrogen-bond acceptors (Lipinski definition) is 2. The van der Waals surface area contributed by atoms with Crippen molar-refractivity contribution in [1.29, 1.82) is 0 Å². The second-order valence-electron chi connectivity index (χ2n) is 4.46. The minimum Gasteiger partial charge on any atom is -0.361 e. The third-order valence-electron chi connectivity index (χ3n) is 2.18. The summed E-state index contributed by atoms with van der Waals surface area (Å²) in [6, 6.07) is 2.05. The number of nitrogens with one attached hydrogen (secondary N) is 1. The molecule has 2 nitrogen and oxygen atoms in total. The van der Waals surface area contributed by atoms with Crippen molar-refractivity contribution >= 4 is 11.8 Å². The molecule has 1 aromatic heterocycles. The lowest BCUT2D eigenvalue weighted by molar-refractivity contribution is 0.569. The molecule has 0 saturated heterocycles. The van der Waals surface area contributed by atoms with Gasteiger partial charge in [-0.25, -0.2) is 0 Å². The third-order valence-corrected chi connectivity index (χ3v) is 2.18. The minimum atomic E-state index is 0.0600. The summed E-state index contributed by atoms with van der Waals surface area (Å²) >= 11 is 0. The van der Waals surface area contributed by atoms with Crippen molar-refractivity contribution in [2.75, 3.05) is 5.32 Å². The van der Waals surface area contributed by atoms with Crippen LogP contribution < -0.4 is 5.32 Å². The number of anilines is 1. The SMILES string of the molecule is C=CNc1cnc(C(C)(C)C)cc1C=C. The Morgan fingerprint density at radius 1 is 1.33 bits per heavy atom. The molecule has 1 rings (SSSR count). The van der Waals surface area contributed by atoms with Crippen molar-refractivity contribution in [3.63, 3.8) is 0 Å². The fraction of sp³-hybridized carbons (Fsp3) is 0.308. The molecule has 0 bridgehead atoms. The van der Waals surface area contributed by atoms with Gasteiger partial charge >= 0.3 is 0 Å². The number of rotatable bonds is 3. The summed E-state index contributed by atoms with van der Waals surface area (Å²) in [7, 11) is 0. The topological polar surface area (TPSA) is 24.9 Å². The second kappa shape index (κ2) is 4.30. The average molecular weight is 202 g/mol. The zero-order chi connectivity index (χ0) is 11.5. The van der Waals surface area contributed by atoms with Crippen molar-refractivity contribution in [2.45, 2.75) is 26.2 Å². The summed E-state index contributed by atoms with van der Waals surface area (Å²) in [4.78, 5) is 4.42. The highest BCUT2D eigenvalue weighted by Crippen LogP contribution is 2.24. The highest BCUT2D eigenvalue weighted by Gasteiger charge is 2.16. The predicted octanol–water partition coefficient (Wildman–Crippen LogP) is 3.58. The summed E-state index contributed by atoms with van der Waals surface area (Å²) in [5.74, 6) is 0. The van der Waals surface area contributed by atoms with E-state index in [1.165, 1.54) is 0 Å². The minimum absolute atomic E-state index is 0.0600. The Morgan fingerprint density at radius 2 is 2.00 bits per heavy atom. The van der Waals surface area contributed by atoms with Gasteiger partial charge in [0.05, 0.1) is 11.9 Å². The van der Waals surface area contributed by atoms with Crippen molar-refractivity contribution in [3.8, 4) is 0 Å². The molecule has 1 aromatic rings. The fourth-order valence-electron chi connectivity index (χ4n) is 1.28. The van der Waals surface area contributed by atoms with Gasteiger partial charge in [0.15, 0.2) is 0 Å². The first-order chi connectivity index (χ1) is 6.99. The largest absolute Gasteiger partial charge is 0.361 e. The molecule has 0 spiro atoms. The van der Waals surface area contributed by atoms with E-state index in [0.717, 1.165) is 16.9 Å². The van der Waals surface area contributed by atoms with Crippen LogP contribution >= 0.6 is 0 Å². The third kappa shape index (κ3) is 2.69. The van der Waals surface area contributed by atoms with Crippen LogP contribution in [0.2, 0.25) is 0 Å². The summed E-state index contributed by atoms with van der Waals surface area (Å²) in [6.45, 7) is 13.8. The van der Waals surface area contributed by atoms with E-state index >= 15 is 0 Å². The molecule has 2 heteroatoms. The maximum Gasteiger partial charge on any atom is 0.0639 e. The van der Waals surface area contributed by atoms with E-state index in [0.29, 0.717) is 0 Å². The summed E-state index contributed by atoms with van der Waals surface area (Å²) in [5.41, 5.74) is 3.11. The lowest BCUT2D eigenvalue weighted by Crippen LogP contribution is -2.13. The molecule has 0 unspecified atom stereocenters. The molecule has 1 heterocycles. The molecule has 15 heavy (non-hydrogen) atoms. The maximum absolute atomic E-state index is 4.42. The molecule has 0 aromatic carbocycles. The van der Waals surface area contributed by atoms with Crippen molar-refractivity contribution in [3.05, 3.63) is 42.9 Å². The van der Waals surface area contributed by atoms with Gasteiger partial charge in [-0.15, -0.1) is 0 Å². The predicted molar refractivity (Wildman–Crippen MR) is 66.8 cm³/mol. The van der Waals surface area contributed by atoms with E-state index in [1.54, 1.807) is 6.20 Å². The van der Waals surface area contributed by atoms with Crippen LogP contribution in [-0.4, -0.2) is 4.98 Å². The Hall–Kier alpha value is -1.57. The van der Waals surface area contributed by atoms with Gasteiger partial charge in [-0.1, -0.05) is 40.0 Å². The molecule has 0 amide bonds. The van der Waals surface area contributed by atoms with Crippen molar-refractivity contribution < 1.29 is 0 Å². The van der Waals surface area contributed by atoms with Crippen LogP contribution in [0.15, 0.2) is 31.6 Å². The Labute approximate surface area is 91.7 Å². The van der Waals surface area contributed by atoms with E-state index in [-0.39, 0.29) is 5.41 Å². The number of nitrogens with zero attached hydrogens (tertiary/aromatic N) is 1. The van der Waals surface area contributed by atoms with E-state index in [4.69, 9.17) is 0 Å². The molecule has 0 fully saturated rings. The van der Waals surface area contributed by atoms with E-state index in [1.807, 2.05) is 12.3 Å². The van der Waals surface area contributed by atoms with Crippen molar-refractivity contribution in [1.82, 2.24) is 4.98 Å².